The van der Waals surface area contributed by atoms with E-state index in [1.165, 1.54) is 5.56 Å². The minimum absolute atomic E-state index is 0.260. The van der Waals surface area contributed by atoms with Crippen molar-refractivity contribution in [2.45, 2.75) is 19.1 Å². The molecule has 0 spiro atoms. The van der Waals surface area contributed by atoms with Crippen molar-refractivity contribution >= 4 is 5.91 Å². The third-order valence-electron chi connectivity index (χ3n) is 7.50. The van der Waals surface area contributed by atoms with Gasteiger partial charge in [-0.3, -0.25) is 9.69 Å². The number of likely N-dealkylation sites (N-methyl/N-ethyl adjacent to an activating group) is 1. The molecule has 33 heavy (non-hydrogen) atoms. The smallest absolute Gasteiger partial charge is 0.263 e. The van der Waals surface area contributed by atoms with Gasteiger partial charge in [0.15, 0.2) is 5.60 Å². The van der Waals surface area contributed by atoms with Gasteiger partial charge in [0.1, 0.15) is 0 Å². The van der Waals surface area contributed by atoms with Crippen molar-refractivity contribution in [2.24, 2.45) is 17.8 Å². The number of carbonyl (C=O) groups is 1. The van der Waals surface area contributed by atoms with E-state index < -0.39 is 5.60 Å². The van der Waals surface area contributed by atoms with Crippen LogP contribution in [0.15, 0.2) is 84.9 Å². The number of amides is 1. The average molecular weight is 441 g/mol. The lowest BCUT2D eigenvalue weighted by molar-refractivity contribution is -0.147. The van der Waals surface area contributed by atoms with E-state index in [1.807, 2.05) is 68.6 Å². The Morgan fingerprint density at radius 1 is 0.909 bits per heavy atom. The van der Waals surface area contributed by atoms with Crippen LogP contribution >= 0.6 is 0 Å². The molecule has 5 rings (SSSR count). The number of aryl methyl sites for hydroxylation is 1. The van der Waals surface area contributed by atoms with E-state index in [0.29, 0.717) is 35.4 Å². The second-order valence-corrected chi connectivity index (χ2v) is 9.80. The first-order valence-corrected chi connectivity index (χ1v) is 11.8. The fourth-order valence-corrected chi connectivity index (χ4v) is 5.54. The second kappa shape index (κ2) is 8.77. The molecule has 2 fully saturated rings. The highest BCUT2D eigenvalue weighted by molar-refractivity contribution is 5.90. The fraction of sp³-hybridized carbons (Fsp3) is 0.345. The van der Waals surface area contributed by atoms with Gasteiger partial charge in [0.2, 0.25) is 0 Å². The maximum Gasteiger partial charge on any atom is 0.263 e. The van der Waals surface area contributed by atoms with Crippen molar-refractivity contribution in [3.05, 3.63) is 107 Å². The summed E-state index contributed by atoms with van der Waals surface area (Å²) in [6, 6.07) is 27.5. The third kappa shape index (κ3) is 4.21. The molecule has 1 aliphatic heterocycles. The first-order chi connectivity index (χ1) is 16.0. The maximum absolute atomic E-state index is 13.7. The number of rotatable bonds is 7. The van der Waals surface area contributed by atoms with Gasteiger partial charge in [0.05, 0.1) is 0 Å². The molecular formula is C29H32N2O2. The first kappa shape index (κ1) is 21.9. The van der Waals surface area contributed by atoms with Gasteiger partial charge < -0.3 is 10.0 Å². The molecule has 3 aromatic rings. The number of aliphatic hydroxyl groups is 1. The first-order valence-electron chi connectivity index (χ1n) is 11.8. The van der Waals surface area contributed by atoms with Crippen molar-refractivity contribution in [1.82, 2.24) is 9.80 Å². The fourth-order valence-electron chi connectivity index (χ4n) is 5.54. The summed E-state index contributed by atoms with van der Waals surface area (Å²) in [4.78, 5) is 18.0. The van der Waals surface area contributed by atoms with Crippen molar-refractivity contribution in [2.75, 3.05) is 26.7 Å². The molecule has 4 atom stereocenters. The number of likely N-dealkylation sites (tertiary alicyclic amines) is 1. The van der Waals surface area contributed by atoms with Crippen molar-refractivity contribution in [3.8, 4) is 0 Å². The molecule has 2 aliphatic rings. The van der Waals surface area contributed by atoms with Crippen molar-refractivity contribution < 1.29 is 9.90 Å². The van der Waals surface area contributed by atoms with Gasteiger partial charge in [-0.25, -0.2) is 0 Å². The van der Waals surface area contributed by atoms with Crippen LogP contribution in [0.2, 0.25) is 0 Å². The highest BCUT2D eigenvalue weighted by Gasteiger charge is 2.56. The molecule has 4 heteroatoms. The summed E-state index contributed by atoms with van der Waals surface area (Å²) >= 11 is 0. The second-order valence-electron chi connectivity index (χ2n) is 9.80. The highest BCUT2D eigenvalue weighted by Crippen LogP contribution is 2.52. The van der Waals surface area contributed by atoms with Crippen LogP contribution < -0.4 is 0 Å². The Hall–Kier alpha value is -2.95. The molecule has 0 aromatic heterocycles. The summed E-state index contributed by atoms with van der Waals surface area (Å²) in [5.41, 5.74) is 1.99. The molecule has 1 amide bonds. The van der Waals surface area contributed by atoms with Crippen molar-refractivity contribution in [3.63, 3.8) is 0 Å². The predicted octanol–water partition coefficient (Wildman–Crippen LogP) is 4.07. The predicted molar refractivity (Wildman–Crippen MR) is 130 cm³/mol. The molecular weight excluding hydrogens is 408 g/mol. The maximum atomic E-state index is 13.7. The molecule has 4 nitrogen and oxygen atoms in total. The van der Waals surface area contributed by atoms with E-state index in [9.17, 15) is 9.90 Å². The number of piperidine rings is 1. The Bertz CT molecular complexity index is 1090. The number of benzene rings is 3. The van der Waals surface area contributed by atoms with Gasteiger partial charge in [-0.05, 0) is 41.4 Å². The summed E-state index contributed by atoms with van der Waals surface area (Å²) < 4.78 is 0. The standard InChI is InChI=1S/C29H32N2O2/c1-21-13-15-24(16-14-21)29(33,23-11-7-4-8-12-23)28(32)30(2)18-25-26-19-31(20-27(25)26)17-22-9-5-3-6-10-22/h3-16,25-27,33H,17-20H2,1-2H3/t25?,26-,27+,29-/m0/s1. The SMILES string of the molecule is Cc1ccc([C@](O)(C(=O)N(C)CC2[C@H]3CN(Cc4ccccc4)C[C@@H]23)c2ccccc2)cc1. The number of hydrogen-bond donors (Lipinski definition) is 1. The largest absolute Gasteiger partial charge is 0.372 e. The van der Waals surface area contributed by atoms with Crippen LogP contribution in [0, 0.1) is 24.7 Å². The van der Waals surface area contributed by atoms with E-state index in [1.54, 1.807) is 4.90 Å². The van der Waals surface area contributed by atoms with Crippen molar-refractivity contribution in [1.29, 1.82) is 0 Å². The summed E-state index contributed by atoms with van der Waals surface area (Å²) in [5, 5.41) is 11.8. The molecule has 0 radical (unpaired) electrons. The van der Waals surface area contributed by atoms with Gasteiger partial charge in [0, 0.05) is 33.2 Å². The summed E-state index contributed by atoms with van der Waals surface area (Å²) in [6.45, 7) is 5.87. The molecule has 1 saturated carbocycles. The van der Waals surface area contributed by atoms with Gasteiger partial charge in [-0.1, -0.05) is 90.5 Å². The number of fused-ring (bicyclic) bond motifs is 1. The van der Waals surface area contributed by atoms with E-state index >= 15 is 0 Å². The topological polar surface area (TPSA) is 43.8 Å². The Kier molecular flexibility index (Phi) is 5.81. The zero-order valence-electron chi connectivity index (χ0n) is 19.4. The molecule has 1 unspecified atom stereocenters. The molecule has 1 saturated heterocycles. The van der Waals surface area contributed by atoms with Crippen LogP contribution in [0.5, 0.6) is 0 Å². The number of nitrogens with zero attached hydrogens (tertiary/aromatic N) is 2. The van der Waals surface area contributed by atoms with Crippen LogP contribution in [-0.4, -0.2) is 47.5 Å². The zero-order chi connectivity index (χ0) is 23.0. The highest BCUT2D eigenvalue weighted by atomic mass is 16.3. The number of hydrogen-bond acceptors (Lipinski definition) is 3. The molecule has 3 aromatic carbocycles. The van der Waals surface area contributed by atoms with Crippen LogP contribution in [-0.2, 0) is 16.9 Å². The Morgan fingerprint density at radius 3 is 2.06 bits per heavy atom. The zero-order valence-corrected chi connectivity index (χ0v) is 19.4. The minimum atomic E-state index is -1.69. The van der Waals surface area contributed by atoms with E-state index in [2.05, 4.69) is 35.2 Å². The lowest BCUT2D eigenvalue weighted by Gasteiger charge is -2.33. The Morgan fingerprint density at radius 2 is 1.45 bits per heavy atom. The van der Waals surface area contributed by atoms with E-state index in [0.717, 1.165) is 25.2 Å². The van der Waals surface area contributed by atoms with Gasteiger partial charge in [-0.15, -0.1) is 0 Å². The lowest BCUT2D eigenvalue weighted by Crippen LogP contribution is -2.47. The van der Waals surface area contributed by atoms with E-state index in [4.69, 9.17) is 0 Å². The Labute approximate surface area is 196 Å². The van der Waals surface area contributed by atoms with Crippen LogP contribution in [0.1, 0.15) is 22.3 Å². The molecule has 1 heterocycles. The summed E-state index contributed by atoms with van der Waals surface area (Å²) in [6.07, 6.45) is 0. The van der Waals surface area contributed by atoms with Crippen LogP contribution in [0.4, 0.5) is 0 Å². The molecule has 170 valence electrons. The van der Waals surface area contributed by atoms with Gasteiger partial charge in [-0.2, -0.15) is 0 Å². The van der Waals surface area contributed by atoms with Gasteiger partial charge >= 0.3 is 0 Å². The third-order valence-corrected chi connectivity index (χ3v) is 7.50. The number of carbonyl (C=O) groups excluding carboxylic acids is 1. The van der Waals surface area contributed by atoms with Gasteiger partial charge in [0.25, 0.3) is 5.91 Å². The van der Waals surface area contributed by atoms with Crippen LogP contribution in [0.25, 0.3) is 0 Å². The van der Waals surface area contributed by atoms with E-state index in [-0.39, 0.29) is 5.91 Å². The molecule has 1 N–H and O–H groups in total. The summed E-state index contributed by atoms with van der Waals surface area (Å²) in [7, 11) is 1.83. The molecule has 0 bridgehead atoms. The Balaban J connectivity index is 1.27. The lowest BCUT2D eigenvalue weighted by atomic mass is 9.84. The van der Waals surface area contributed by atoms with Crippen LogP contribution in [0.3, 0.4) is 0 Å². The normalized spacial score (nSPS) is 23.5. The monoisotopic (exact) mass is 440 g/mol. The summed E-state index contributed by atoms with van der Waals surface area (Å²) in [5.74, 6) is 1.55. The minimum Gasteiger partial charge on any atom is -0.372 e. The average Bonchev–Trinajstić information content (AvgIpc) is 3.28. The molecule has 1 aliphatic carbocycles. The quantitative estimate of drug-likeness (QED) is 0.602.